The number of rotatable bonds is 8. The number of hydrogen-bond donors (Lipinski definition) is 0. The molecule has 0 unspecified atom stereocenters. The predicted molar refractivity (Wildman–Crippen MR) is 129 cm³/mol. The molecule has 1 aromatic heterocycles. The zero-order valence-corrected chi connectivity index (χ0v) is 20.3. The number of aryl methyl sites for hydroxylation is 1. The van der Waals surface area contributed by atoms with Crippen molar-refractivity contribution in [3.8, 4) is 0 Å². The lowest BCUT2D eigenvalue weighted by Gasteiger charge is -2.34. The van der Waals surface area contributed by atoms with E-state index < -0.39 is 0 Å². The van der Waals surface area contributed by atoms with Gasteiger partial charge in [0.05, 0.1) is 0 Å². The number of benzene rings is 1. The number of nitrogens with zero attached hydrogens (tertiary/aromatic N) is 5. The van der Waals surface area contributed by atoms with Crippen molar-refractivity contribution in [2.24, 2.45) is 0 Å². The Labute approximate surface area is 195 Å². The van der Waals surface area contributed by atoms with Crippen LogP contribution in [0.5, 0.6) is 0 Å². The first kappa shape index (κ1) is 24.0. The molecule has 3 rings (SSSR count). The smallest absolute Gasteiger partial charge is 0.253 e. The number of piperazine rings is 1. The standard InChI is InChI=1S/C24H33N5O2S/c1-5-21-16-22(27(6-2)7-3)26-24(25-21)32-17-19-9-8-10-20(15-19)23(31)29-13-11-28(12-14-29)18(4)30/h8-10,15-16H,5-7,11-14,17H2,1-4H3. The van der Waals surface area contributed by atoms with Gasteiger partial charge in [-0.25, -0.2) is 9.97 Å². The van der Waals surface area contributed by atoms with Gasteiger partial charge in [-0.05, 0) is 38.0 Å². The number of anilines is 1. The maximum absolute atomic E-state index is 13.0. The predicted octanol–water partition coefficient (Wildman–Crippen LogP) is 3.48. The molecule has 0 atom stereocenters. The van der Waals surface area contributed by atoms with E-state index in [4.69, 9.17) is 4.98 Å². The van der Waals surface area contributed by atoms with Crippen LogP contribution in [-0.2, 0) is 17.0 Å². The summed E-state index contributed by atoms with van der Waals surface area (Å²) < 4.78 is 0. The zero-order valence-electron chi connectivity index (χ0n) is 19.5. The van der Waals surface area contributed by atoms with Crippen molar-refractivity contribution in [3.63, 3.8) is 0 Å². The molecule has 7 nitrogen and oxygen atoms in total. The van der Waals surface area contributed by atoms with Crippen molar-refractivity contribution in [2.45, 2.75) is 45.0 Å². The molecule has 2 amide bonds. The van der Waals surface area contributed by atoms with E-state index in [0.29, 0.717) is 37.5 Å². The first-order chi connectivity index (χ1) is 15.4. The number of hydrogen-bond acceptors (Lipinski definition) is 6. The van der Waals surface area contributed by atoms with Crippen LogP contribution in [0.25, 0.3) is 0 Å². The summed E-state index contributed by atoms with van der Waals surface area (Å²) in [4.78, 5) is 39.8. The Morgan fingerprint density at radius 3 is 2.31 bits per heavy atom. The minimum absolute atomic E-state index is 0.0214. The molecule has 8 heteroatoms. The molecule has 1 aliphatic rings. The molecule has 1 aromatic carbocycles. The molecule has 1 fully saturated rings. The van der Waals surface area contributed by atoms with Gasteiger partial charge in [0, 0.05) is 69.3 Å². The van der Waals surface area contributed by atoms with Crippen LogP contribution >= 0.6 is 11.8 Å². The number of carbonyl (C=O) groups is 2. The van der Waals surface area contributed by atoms with Crippen molar-refractivity contribution in [3.05, 3.63) is 47.2 Å². The van der Waals surface area contributed by atoms with Gasteiger partial charge < -0.3 is 14.7 Å². The molecular formula is C24H33N5O2S. The molecule has 0 bridgehead atoms. The van der Waals surface area contributed by atoms with Gasteiger partial charge >= 0.3 is 0 Å². The van der Waals surface area contributed by atoms with Crippen LogP contribution in [0.4, 0.5) is 5.82 Å². The summed E-state index contributed by atoms with van der Waals surface area (Å²) in [6.07, 6.45) is 0.866. The minimum atomic E-state index is 0.0214. The quantitative estimate of drug-likeness (QED) is 0.448. The Hall–Kier alpha value is -2.61. The summed E-state index contributed by atoms with van der Waals surface area (Å²) in [6.45, 7) is 12.1. The molecule has 2 aromatic rings. The zero-order chi connectivity index (χ0) is 23.1. The van der Waals surface area contributed by atoms with Gasteiger partial charge in [0.2, 0.25) is 5.91 Å². The molecule has 32 heavy (non-hydrogen) atoms. The highest BCUT2D eigenvalue weighted by molar-refractivity contribution is 7.98. The second-order valence-corrected chi connectivity index (χ2v) is 8.76. The van der Waals surface area contributed by atoms with Gasteiger partial charge in [0.15, 0.2) is 5.16 Å². The van der Waals surface area contributed by atoms with Crippen LogP contribution in [0.1, 0.15) is 49.3 Å². The highest BCUT2D eigenvalue weighted by Gasteiger charge is 2.23. The Balaban J connectivity index is 1.67. The molecule has 1 saturated heterocycles. The van der Waals surface area contributed by atoms with E-state index in [1.165, 1.54) is 0 Å². The van der Waals surface area contributed by atoms with Crippen molar-refractivity contribution >= 4 is 29.4 Å². The number of carbonyl (C=O) groups excluding carboxylic acids is 2. The van der Waals surface area contributed by atoms with Crippen LogP contribution < -0.4 is 4.90 Å². The van der Waals surface area contributed by atoms with E-state index >= 15 is 0 Å². The highest BCUT2D eigenvalue weighted by atomic mass is 32.2. The fourth-order valence-corrected chi connectivity index (χ4v) is 4.58. The summed E-state index contributed by atoms with van der Waals surface area (Å²) in [5, 5.41) is 0.767. The fourth-order valence-electron chi connectivity index (χ4n) is 3.76. The lowest BCUT2D eigenvalue weighted by molar-refractivity contribution is -0.130. The monoisotopic (exact) mass is 455 g/mol. The summed E-state index contributed by atoms with van der Waals surface area (Å²) in [5.41, 5.74) is 2.79. The Morgan fingerprint density at radius 1 is 1.00 bits per heavy atom. The van der Waals surface area contributed by atoms with E-state index in [-0.39, 0.29) is 11.8 Å². The molecule has 0 spiro atoms. The topological polar surface area (TPSA) is 69.6 Å². The van der Waals surface area contributed by atoms with Crippen LogP contribution in [0, 0.1) is 0 Å². The molecule has 0 aliphatic carbocycles. The van der Waals surface area contributed by atoms with Gasteiger partial charge in [0.25, 0.3) is 5.91 Å². The van der Waals surface area contributed by atoms with Gasteiger partial charge in [0.1, 0.15) is 5.82 Å². The Bertz CT molecular complexity index is 940. The van der Waals surface area contributed by atoms with E-state index in [0.717, 1.165) is 41.7 Å². The molecular weight excluding hydrogens is 422 g/mol. The molecule has 1 aliphatic heterocycles. The summed E-state index contributed by atoms with van der Waals surface area (Å²) in [7, 11) is 0. The fraction of sp³-hybridized carbons (Fsp3) is 0.500. The number of aromatic nitrogens is 2. The lowest BCUT2D eigenvalue weighted by Crippen LogP contribution is -2.50. The summed E-state index contributed by atoms with van der Waals surface area (Å²) in [5.74, 6) is 1.75. The van der Waals surface area contributed by atoms with Crippen LogP contribution in [-0.4, -0.2) is 70.9 Å². The number of thioether (sulfide) groups is 1. The first-order valence-corrected chi connectivity index (χ1v) is 12.3. The Morgan fingerprint density at radius 2 is 1.69 bits per heavy atom. The maximum Gasteiger partial charge on any atom is 0.253 e. The van der Waals surface area contributed by atoms with Crippen molar-refractivity contribution < 1.29 is 9.59 Å². The van der Waals surface area contributed by atoms with E-state index in [1.54, 1.807) is 23.6 Å². The lowest BCUT2D eigenvalue weighted by atomic mass is 10.1. The molecule has 0 saturated carbocycles. The van der Waals surface area contributed by atoms with Gasteiger partial charge in [-0.3, -0.25) is 9.59 Å². The third kappa shape index (κ3) is 6.00. The molecule has 0 N–H and O–H groups in total. The third-order valence-corrected chi connectivity index (χ3v) is 6.67. The minimum Gasteiger partial charge on any atom is -0.357 e. The Kier molecular flexibility index (Phi) is 8.50. The second-order valence-electron chi connectivity index (χ2n) is 7.81. The van der Waals surface area contributed by atoms with Crippen LogP contribution in [0.2, 0.25) is 0 Å². The maximum atomic E-state index is 13.0. The van der Waals surface area contributed by atoms with Gasteiger partial charge in [-0.2, -0.15) is 0 Å². The SMILES string of the molecule is CCc1cc(N(CC)CC)nc(SCc2cccc(C(=O)N3CCN(C(C)=O)CC3)c2)n1. The molecule has 172 valence electrons. The van der Waals surface area contributed by atoms with Crippen molar-refractivity contribution in [2.75, 3.05) is 44.2 Å². The first-order valence-electron chi connectivity index (χ1n) is 11.3. The van der Waals surface area contributed by atoms with E-state index in [2.05, 4.69) is 36.7 Å². The third-order valence-electron chi connectivity index (χ3n) is 5.75. The van der Waals surface area contributed by atoms with Crippen LogP contribution in [0.15, 0.2) is 35.5 Å². The van der Waals surface area contributed by atoms with Gasteiger partial charge in [-0.1, -0.05) is 30.8 Å². The highest BCUT2D eigenvalue weighted by Crippen LogP contribution is 2.24. The van der Waals surface area contributed by atoms with E-state index in [1.807, 2.05) is 29.2 Å². The summed E-state index contributed by atoms with van der Waals surface area (Å²) in [6, 6.07) is 9.86. The normalized spacial score (nSPS) is 13.9. The van der Waals surface area contributed by atoms with Crippen LogP contribution in [0.3, 0.4) is 0 Å². The van der Waals surface area contributed by atoms with Crippen molar-refractivity contribution in [1.82, 2.24) is 19.8 Å². The van der Waals surface area contributed by atoms with E-state index in [9.17, 15) is 9.59 Å². The largest absolute Gasteiger partial charge is 0.357 e. The molecule has 0 radical (unpaired) electrons. The van der Waals surface area contributed by atoms with Crippen molar-refractivity contribution in [1.29, 1.82) is 0 Å². The van der Waals surface area contributed by atoms with Gasteiger partial charge in [-0.15, -0.1) is 0 Å². The second kappa shape index (κ2) is 11.3. The number of amides is 2. The summed E-state index contributed by atoms with van der Waals surface area (Å²) >= 11 is 1.60. The average molecular weight is 456 g/mol. The average Bonchev–Trinajstić information content (AvgIpc) is 2.83. The molecule has 2 heterocycles.